The van der Waals surface area contributed by atoms with E-state index in [0.717, 1.165) is 11.1 Å². The highest BCUT2D eigenvalue weighted by Crippen LogP contribution is 2.43. The van der Waals surface area contributed by atoms with Gasteiger partial charge in [0, 0.05) is 25.0 Å². The maximum Gasteiger partial charge on any atom is 0.340 e. The number of carbonyl (C=O) groups excluding carboxylic acids is 1. The van der Waals surface area contributed by atoms with Gasteiger partial charge in [0.25, 0.3) is 0 Å². The topological polar surface area (TPSA) is 54.4 Å². The van der Waals surface area contributed by atoms with Crippen LogP contribution in [0, 0.1) is 11.7 Å². The molecule has 0 saturated carbocycles. The minimum Gasteiger partial charge on any atom is -0.492 e. The quantitative estimate of drug-likeness (QED) is 0.377. The highest BCUT2D eigenvalue weighted by Gasteiger charge is 2.46. The molecule has 0 saturated heterocycles. The molecule has 2 heterocycles. The Morgan fingerprint density at radius 3 is 2.81 bits per heavy atom. The van der Waals surface area contributed by atoms with Gasteiger partial charge in [-0.3, -0.25) is 0 Å². The molecule has 2 amide bonds. The fourth-order valence-electron chi connectivity index (χ4n) is 4.64. The fourth-order valence-corrected chi connectivity index (χ4v) is 4.76. The normalized spacial score (nSPS) is 18.1. The summed E-state index contributed by atoms with van der Waals surface area (Å²) in [7, 11) is 1.73. The van der Waals surface area contributed by atoms with Gasteiger partial charge in [0.05, 0.1) is 24.3 Å². The lowest BCUT2D eigenvalue weighted by molar-refractivity contribution is 0.133. The van der Waals surface area contributed by atoms with Crippen LogP contribution < -0.4 is 9.47 Å². The molecule has 8 heteroatoms. The van der Waals surface area contributed by atoms with E-state index < -0.39 is 6.04 Å². The Balaban J connectivity index is 1.47. The first-order valence-corrected chi connectivity index (χ1v) is 12.5. The lowest BCUT2D eigenvalue weighted by atomic mass is 9.86. The smallest absolute Gasteiger partial charge is 0.340 e. The average Bonchev–Trinajstić information content (AvgIpc) is 3.31. The maximum atomic E-state index is 14.1. The summed E-state index contributed by atoms with van der Waals surface area (Å²) in [5.74, 6) is 1.08. The number of benzene rings is 3. The summed E-state index contributed by atoms with van der Waals surface area (Å²) in [6.45, 7) is 1.26. The number of carbonyl (C=O) groups is 1. The first-order valence-electron chi connectivity index (χ1n) is 11.9. The summed E-state index contributed by atoms with van der Waals surface area (Å²) in [6.07, 6.45) is 0.669. The van der Waals surface area contributed by atoms with Gasteiger partial charge in [0.1, 0.15) is 23.9 Å². The van der Waals surface area contributed by atoms with E-state index in [2.05, 4.69) is 0 Å². The van der Waals surface area contributed by atoms with Crippen LogP contribution in [0.5, 0.6) is 11.5 Å². The molecule has 2 unspecified atom stereocenters. The van der Waals surface area contributed by atoms with Crippen molar-refractivity contribution in [2.45, 2.75) is 19.1 Å². The minimum atomic E-state index is -0.428. The van der Waals surface area contributed by atoms with E-state index in [1.807, 2.05) is 54.6 Å². The van der Waals surface area contributed by atoms with Crippen LogP contribution in [0.25, 0.3) is 0 Å². The summed E-state index contributed by atoms with van der Waals surface area (Å²) in [6, 6.07) is 21.3. The zero-order chi connectivity index (χ0) is 25.1. The van der Waals surface area contributed by atoms with Gasteiger partial charge in [0.15, 0.2) is 0 Å². The molecule has 36 heavy (non-hydrogen) atoms. The van der Waals surface area contributed by atoms with Gasteiger partial charge < -0.3 is 14.4 Å². The third-order valence-corrected chi connectivity index (χ3v) is 6.71. The van der Waals surface area contributed by atoms with E-state index in [-0.39, 0.29) is 17.8 Å². The van der Waals surface area contributed by atoms with Crippen molar-refractivity contribution in [2.75, 3.05) is 26.1 Å². The third kappa shape index (κ3) is 4.88. The molecule has 0 N–H and O–H groups in total. The predicted octanol–water partition coefficient (Wildman–Crippen LogP) is 5.86. The number of alkyl halides is 1. The van der Waals surface area contributed by atoms with Gasteiger partial charge in [-0.2, -0.15) is 5.10 Å². The Kier molecular flexibility index (Phi) is 7.09. The Hall–Kier alpha value is -3.58. The number of ether oxygens (including phenoxy) is 2. The number of hydrogen-bond acceptors (Lipinski definition) is 4. The maximum absolute atomic E-state index is 14.1. The number of halogens is 2. The van der Waals surface area contributed by atoms with Crippen molar-refractivity contribution >= 4 is 23.3 Å². The van der Waals surface area contributed by atoms with Crippen molar-refractivity contribution in [1.82, 2.24) is 9.91 Å². The van der Waals surface area contributed by atoms with E-state index >= 15 is 0 Å². The Bertz CT molecular complexity index is 1270. The van der Waals surface area contributed by atoms with Crippen LogP contribution in [-0.2, 0) is 6.61 Å². The highest BCUT2D eigenvalue weighted by molar-refractivity contribution is 6.17. The zero-order valence-electron chi connectivity index (χ0n) is 19.9. The molecule has 6 nitrogen and oxygen atoms in total. The molecule has 2 aliphatic heterocycles. The molecule has 2 atom stereocenters. The summed E-state index contributed by atoms with van der Waals surface area (Å²) < 4.78 is 26.2. The van der Waals surface area contributed by atoms with Gasteiger partial charge >= 0.3 is 6.03 Å². The van der Waals surface area contributed by atoms with Crippen LogP contribution in [0.1, 0.15) is 29.2 Å². The largest absolute Gasteiger partial charge is 0.492 e. The van der Waals surface area contributed by atoms with Crippen LogP contribution in [-0.4, -0.2) is 47.7 Å². The molecule has 0 aromatic heterocycles. The summed E-state index contributed by atoms with van der Waals surface area (Å²) in [5, 5.41) is 6.23. The number of hydrogen-bond donors (Lipinski definition) is 0. The molecule has 3 aromatic carbocycles. The Labute approximate surface area is 214 Å². The molecule has 0 bridgehead atoms. The highest BCUT2D eigenvalue weighted by atomic mass is 35.5. The third-order valence-electron chi connectivity index (χ3n) is 6.44. The van der Waals surface area contributed by atoms with Gasteiger partial charge in [-0.25, -0.2) is 14.2 Å². The van der Waals surface area contributed by atoms with Crippen LogP contribution in [0.4, 0.5) is 9.18 Å². The zero-order valence-corrected chi connectivity index (χ0v) is 20.7. The Morgan fingerprint density at radius 2 is 2.00 bits per heavy atom. The molecule has 2 aliphatic rings. The molecule has 5 rings (SSSR count). The number of nitrogens with zero attached hydrogens (tertiary/aromatic N) is 3. The standard InChI is InChI=1S/C28H27ClFN3O3/c1-32(14-6-13-29)28(34)33-27(24-18-36-25-12-11-21(30)16-23(25)26(24)31-33)20-9-5-10-22(15-20)35-17-19-7-3-2-4-8-19/h2-5,7-12,15-16,24,27H,6,13-14,17-18H2,1H3. The van der Waals surface area contributed by atoms with Gasteiger partial charge in [-0.1, -0.05) is 42.5 Å². The van der Waals surface area contributed by atoms with Crippen molar-refractivity contribution in [3.05, 3.63) is 95.3 Å². The van der Waals surface area contributed by atoms with Crippen LogP contribution in [0.3, 0.4) is 0 Å². The van der Waals surface area contributed by atoms with Crippen molar-refractivity contribution in [1.29, 1.82) is 0 Å². The monoisotopic (exact) mass is 507 g/mol. The molecular formula is C28H27ClFN3O3. The van der Waals surface area contributed by atoms with Crippen molar-refractivity contribution in [2.24, 2.45) is 11.0 Å². The summed E-state index contributed by atoms with van der Waals surface area (Å²) in [4.78, 5) is 15.1. The van der Waals surface area contributed by atoms with E-state index in [1.54, 1.807) is 18.0 Å². The molecule has 0 spiro atoms. The second kappa shape index (κ2) is 10.6. The minimum absolute atomic E-state index is 0.249. The second-order valence-electron chi connectivity index (χ2n) is 8.93. The van der Waals surface area contributed by atoms with Crippen LogP contribution >= 0.6 is 11.6 Å². The summed E-state index contributed by atoms with van der Waals surface area (Å²) in [5.41, 5.74) is 3.15. The molecule has 3 aromatic rings. The molecule has 0 radical (unpaired) electrons. The predicted molar refractivity (Wildman–Crippen MR) is 137 cm³/mol. The van der Waals surface area contributed by atoms with E-state index in [0.29, 0.717) is 54.8 Å². The lowest BCUT2D eigenvalue weighted by Crippen LogP contribution is -2.41. The van der Waals surface area contributed by atoms with Gasteiger partial charge in [0.2, 0.25) is 0 Å². The van der Waals surface area contributed by atoms with E-state index in [4.69, 9.17) is 26.2 Å². The Morgan fingerprint density at radius 1 is 1.17 bits per heavy atom. The molecular weight excluding hydrogens is 481 g/mol. The SMILES string of the molecule is CN(CCCCl)C(=O)N1N=C2c3cc(F)ccc3OCC2C1c1cccc(OCc2ccccc2)c1. The van der Waals surface area contributed by atoms with Gasteiger partial charge in [-0.05, 0) is 47.9 Å². The van der Waals surface area contributed by atoms with Crippen molar-refractivity contribution in [3.8, 4) is 11.5 Å². The number of hydrazone groups is 1. The lowest BCUT2D eigenvalue weighted by Gasteiger charge is -2.31. The number of fused-ring (bicyclic) bond motifs is 3. The van der Waals surface area contributed by atoms with Gasteiger partial charge in [-0.15, -0.1) is 11.6 Å². The van der Waals surface area contributed by atoms with Crippen molar-refractivity contribution in [3.63, 3.8) is 0 Å². The molecule has 186 valence electrons. The van der Waals surface area contributed by atoms with Crippen LogP contribution in [0.15, 0.2) is 77.9 Å². The average molecular weight is 508 g/mol. The number of rotatable bonds is 7. The number of amides is 2. The second-order valence-corrected chi connectivity index (χ2v) is 9.30. The van der Waals surface area contributed by atoms with E-state index in [9.17, 15) is 9.18 Å². The fraction of sp³-hybridized carbons (Fsp3) is 0.286. The first-order chi connectivity index (χ1) is 17.5. The first kappa shape index (κ1) is 24.1. The number of urea groups is 1. The van der Waals surface area contributed by atoms with Crippen molar-refractivity contribution < 1.29 is 18.7 Å². The molecule has 0 fully saturated rings. The summed E-state index contributed by atoms with van der Waals surface area (Å²) >= 11 is 5.85. The molecule has 0 aliphatic carbocycles. The van der Waals surface area contributed by atoms with Crippen LogP contribution in [0.2, 0.25) is 0 Å². The van der Waals surface area contributed by atoms with E-state index in [1.165, 1.54) is 17.1 Å².